The number of aliphatic hydroxyl groups is 1. The normalized spacial score (nSPS) is 16.3. The molecule has 3 aromatic rings. The molecule has 6 heteroatoms. The van der Waals surface area contributed by atoms with Crippen molar-refractivity contribution in [2.24, 2.45) is 0 Å². The van der Waals surface area contributed by atoms with E-state index in [0.717, 1.165) is 5.56 Å². The highest BCUT2D eigenvalue weighted by Gasteiger charge is 2.42. The van der Waals surface area contributed by atoms with Crippen molar-refractivity contribution in [3.63, 3.8) is 0 Å². The fourth-order valence-electron chi connectivity index (χ4n) is 3.51. The number of phenolic OH excluding ortho intramolecular Hbond substituents is 1. The Morgan fingerprint density at radius 3 is 2.69 bits per heavy atom. The molecule has 1 amide bonds. The van der Waals surface area contributed by atoms with Crippen LogP contribution in [0.3, 0.4) is 0 Å². The van der Waals surface area contributed by atoms with E-state index < -0.39 is 11.9 Å². The van der Waals surface area contributed by atoms with E-state index in [-0.39, 0.29) is 35.7 Å². The predicted molar refractivity (Wildman–Crippen MR) is 95.3 cm³/mol. The van der Waals surface area contributed by atoms with E-state index in [0.29, 0.717) is 16.5 Å². The third-order valence-electron chi connectivity index (χ3n) is 4.65. The van der Waals surface area contributed by atoms with E-state index in [1.54, 1.807) is 24.3 Å². The molecule has 4 rings (SSSR count). The average Bonchev–Trinajstić information content (AvgIpc) is 2.89. The van der Waals surface area contributed by atoms with Gasteiger partial charge >= 0.3 is 0 Å². The summed E-state index contributed by atoms with van der Waals surface area (Å²) < 4.78 is 5.78. The molecule has 0 spiro atoms. The number of nitrogens with zero attached hydrogens (tertiary/aromatic N) is 1. The lowest BCUT2D eigenvalue weighted by atomic mass is 9.98. The molecule has 132 valence electrons. The van der Waals surface area contributed by atoms with E-state index in [1.165, 1.54) is 17.0 Å². The third kappa shape index (κ3) is 2.38. The Labute approximate surface area is 148 Å². The summed E-state index contributed by atoms with van der Waals surface area (Å²) in [6.45, 7) is 1.68. The van der Waals surface area contributed by atoms with Crippen LogP contribution in [0.4, 0.5) is 0 Å². The van der Waals surface area contributed by atoms with E-state index >= 15 is 0 Å². The minimum Gasteiger partial charge on any atom is -0.508 e. The SMILES string of the molecule is Cc1ccc2oc3c(c(=O)c2c1)[C@H](c1cccc(O)c1)N(CCO)C3=O. The summed E-state index contributed by atoms with van der Waals surface area (Å²) in [5.74, 6) is -0.413. The number of phenols is 1. The lowest BCUT2D eigenvalue weighted by Gasteiger charge is -2.24. The molecule has 2 N–H and O–H groups in total. The molecule has 0 aliphatic carbocycles. The third-order valence-corrected chi connectivity index (χ3v) is 4.65. The van der Waals surface area contributed by atoms with Gasteiger partial charge in [0, 0.05) is 6.54 Å². The summed E-state index contributed by atoms with van der Waals surface area (Å²) in [5, 5.41) is 19.6. The minimum absolute atomic E-state index is 0.00635. The van der Waals surface area contributed by atoms with Crippen LogP contribution in [-0.4, -0.2) is 34.2 Å². The second kappa shape index (κ2) is 6.00. The molecule has 0 saturated heterocycles. The molecular weight excluding hydrogens is 334 g/mol. The number of benzene rings is 2. The smallest absolute Gasteiger partial charge is 0.290 e. The first-order valence-corrected chi connectivity index (χ1v) is 8.29. The predicted octanol–water partition coefficient (Wildman–Crippen LogP) is 2.34. The molecule has 1 atom stereocenters. The first kappa shape index (κ1) is 16.4. The van der Waals surface area contributed by atoms with Crippen LogP contribution in [-0.2, 0) is 0 Å². The number of rotatable bonds is 3. The fraction of sp³-hybridized carbons (Fsp3) is 0.200. The average molecular weight is 351 g/mol. The van der Waals surface area contributed by atoms with Gasteiger partial charge in [-0.2, -0.15) is 0 Å². The maximum atomic E-state index is 13.2. The van der Waals surface area contributed by atoms with Crippen molar-refractivity contribution in [2.45, 2.75) is 13.0 Å². The Bertz CT molecular complexity index is 1090. The van der Waals surface area contributed by atoms with Gasteiger partial charge < -0.3 is 19.5 Å². The second-order valence-corrected chi connectivity index (χ2v) is 6.39. The zero-order chi connectivity index (χ0) is 18.4. The molecule has 6 nitrogen and oxygen atoms in total. The maximum absolute atomic E-state index is 13.2. The molecular formula is C20H17NO5. The monoisotopic (exact) mass is 351 g/mol. The number of β-amino-alcohol motifs (C(OH)–C–C–N with tert-alkyl or cyclic N) is 1. The van der Waals surface area contributed by atoms with Crippen LogP contribution < -0.4 is 5.43 Å². The highest BCUT2D eigenvalue weighted by atomic mass is 16.3. The topological polar surface area (TPSA) is 91.0 Å². The largest absolute Gasteiger partial charge is 0.508 e. The first-order valence-electron chi connectivity index (χ1n) is 8.29. The summed E-state index contributed by atoms with van der Waals surface area (Å²) in [6.07, 6.45) is 0. The van der Waals surface area contributed by atoms with Gasteiger partial charge in [0.2, 0.25) is 5.76 Å². The van der Waals surface area contributed by atoms with E-state index in [9.17, 15) is 19.8 Å². The van der Waals surface area contributed by atoms with Crippen molar-refractivity contribution in [3.8, 4) is 5.75 Å². The van der Waals surface area contributed by atoms with Gasteiger partial charge in [-0.1, -0.05) is 23.8 Å². The highest BCUT2D eigenvalue weighted by Crippen LogP contribution is 2.38. The summed E-state index contributed by atoms with van der Waals surface area (Å²) in [5.41, 5.74) is 1.83. The zero-order valence-electron chi connectivity index (χ0n) is 14.1. The molecule has 0 bridgehead atoms. The van der Waals surface area contributed by atoms with Gasteiger partial charge in [-0.3, -0.25) is 9.59 Å². The standard InChI is InChI=1S/C20H17NO5/c1-11-5-6-15-14(9-11)18(24)16-17(12-3-2-4-13(23)10-12)21(7-8-22)20(25)19(16)26-15/h2-6,9-10,17,22-23H,7-8H2,1H3/t17-/m0/s1. The number of aryl methyl sites for hydroxylation is 1. The summed E-state index contributed by atoms with van der Waals surface area (Å²) in [4.78, 5) is 27.4. The Morgan fingerprint density at radius 2 is 1.96 bits per heavy atom. The molecule has 0 saturated carbocycles. The van der Waals surface area contributed by atoms with Gasteiger partial charge in [-0.15, -0.1) is 0 Å². The Kier molecular flexibility index (Phi) is 3.77. The number of aromatic hydroxyl groups is 1. The zero-order valence-corrected chi connectivity index (χ0v) is 14.1. The highest BCUT2D eigenvalue weighted by molar-refractivity contribution is 5.99. The van der Waals surface area contributed by atoms with Crippen molar-refractivity contribution in [1.82, 2.24) is 4.90 Å². The maximum Gasteiger partial charge on any atom is 0.290 e. The number of fused-ring (bicyclic) bond motifs is 2. The van der Waals surface area contributed by atoms with Crippen LogP contribution in [0.2, 0.25) is 0 Å². The van der Waals surface area contributed by atoms with Crippen molar-refractivity contribution in [1.29, 1.82) is 0 Å². The van der Waals surface area contributed by atoms with Gasteiger partial charge in [0.1, 0.15) is 11.3 Å². The van der Waals surface area contributed by atoms with Crippen LogP contribution in [0.25, 0.3) is 11.0 Å². The van der Waals surface area contributed by atoms with E-state index in [1.807, 2.05) is 13.0 Å². The molecule has 1 aliphatic rings. The van der Waals surface area contributed by atoms with E-state index in [4.69, 9.17) is 4.42 Å². The molecule has 1 aliphatic heterocycles. The van der Waals surface area contributed by atoms with Gasteiger partial charge in [-0.05, 0) is 36.8 Å². The summed E-state index contributed by atoms with van der Waals surface area (Å²) in [7, 11) is 0. The first-order chi connectivity index (χ1) is 12.5. The molecule has 2 aromatic carbocycles. The number of hydrogen-bond donors (Lipinski definition) is 2. The Hall–Kier alpha value is -3.12. The second-order valence-electron chi connectivity index (χ2n) is 6.39. The lowest BCUT2D eigenvalue weighted by molar-refractivity contribution is 0.0691. The minimum atomic E-state index is -0.710. The van der Waals surface area contributed by atoms with Gasteiger partial charge in [0.25, 0.3) is 5.91 Å². The number of amides is 1. The Morgan fingerprint density at radius 1 is 1.15 bits per heavy atom. The van der Waals surface area contributed by atoms with Crippen molar-refractivity contribution in [2.75, 3.05) is 13.2 Å². The summed E-state index contributed by atoms with van der Waals surface area (Å²) in [6, 6.07) is 10.9. The molecule has 2 heterocycles. The number of carbonyl (C=O) groups is 1. The Balaban J connectivity index is 2.03. The molecule has 26 heavy (non-hydrogen) atoms. The van der Waals surface area contributed by atoms with Crippen LogP contribution in [0.5, 0.6) is 5.75 Å². The van der Waals surface area contributed by atoms with Crippen LogP contribution >= 0.6 is 0 Å². The fourth-order valence-corrected chi connectivity index (χ4v) is 3.51. The van der Waals surface area contributed by atoms with Gasteiger partial charge in [-0.25, -0.2) is 0 Å². The van der Waals surface area contributed by atoms with Crippen LogP contribution in [0, 0.1) is 6.92 Å². The van der Waals surface area contributed by atoms with Crippen LogP contribution in [0.1, 0.15) is 33.3 Å². The molecule has 1 aromatic heterocycles. The number of carbonyl (C=O) groups excluding carboxylic acids is 1. The number of hydrogen-bond acceptors (Lipinski definition) is 5. The lowest BCUT2D eigenvalue weighted by Crippen LogP contribution is -2.32. The molecule has 0 radical (unpaired) electrons. The molecule has 0 unspecified atom stereocenters. The van der Waals surface area contributed by atoms with E-state index in [2.05, 4.69) is 0 Å². The summed E-state index contributed by atoms with van der Waals surface area (Å²) >= 11 is 0. The quantitative estimate of drug-likeness (QED) is 0.756. The van der Waals surface area contributed by atoms with Crippen molar-refractivity contribution < 1.29 is 19.4 Å². The van der Waals surface area contributed by atoms with Crippen molar-refractivity contribution in [3.05, 3.63) is 75.1 Å². The van der Waals surface area contributed by atoms with Crippen LogP contribution in [0.15, 0.2) is 51.7 Å². The van der Waals surface area contributed by atoms with Gasteiger partial charge in [0.05, 0.1) is 23.6 Å². The van der Waals surface area contributed by atoms with Gasteiger partial charge in [0.15, 0.2) is 5.43 Å². The van der Waals surface area contributed by atoms with Crippen molar-refractivity contribution >= 4 is 16.9 Å². The number of aliphatic hydroxyl groups excluding tert-OH is 1. The molecule has 0 fully saturated rings.